The Morgan fingerprint density at radius 1 is 1.25 bits per heavy atom. The van der Waals surface area contributed by atoms with Gasteiger partial charge in [-0.1, -0.05) is 17.7 Å². The third kappa shape index (κ3) is 3.25. The summed E-state index contributed by atoms with van der Waals surface area (Å²) in [6.07, 6.45) is -1.25. The van der Waals surface area contributed by atoms with Crippen LogP contribution in [-0.4, -0.2) is 29.4 Å². The Balaban J connectivity index is 1.85. The Kier molecular flexibility index (Phi) is 4.82. The molecule has 11 heteroatoms. The van der Waals surface area contributed by atoms with Gasteiger partial charge in [0.05, 0.1) is 10.9 Å². The van der Waals surface area contributed by atoms with Crippen molar-refractivity contribution in [1.29, 1.82) is 0 Å². The van der Waals surface area contributed by atoms with Gasteiger partial charge in [0.15, 0.2) is 10.8 Å². The zero-order chi connectivity index (χ0) is 19.8. The lowest BCUT2D eigenvalue weighted by Crippen LogP contribution is -2.22. The number of benzene rings is 1. The van der Waals surface area contributed by atoms with Gasteiger partial charge in [0.2, 0.25) is 5.82 Å². The van der Waals surface area contributed by atoms with Crippen molar-refractivity contribution >= 4 is 39.9 Å². The molecule has 0 unspecified atom stereocenters. The van der Waals surface area contributed by atoms with Crippen molar-refractivity contribution < 1.29 is 8.78 Å². The van der Waals surface area contributed by atoms with E-state index in [1.807, 2.05) is 0 Å². The van der Waals surface area contributed by atoms with Crippen LogP contribution in [0.4, 0.5) is 8.78 Å². The highest BCUT2D eigenvalue weighted by Gasteiger charge is 2.18. The molecule has 0 saturated heterocycles. The molecule has 0 spiro atoms. The normalized spacial score (nSPS) is 11.6. The summed E-state index contributed by atoms with van der Waals surface area (Å²) in [6, 6.07) is 7.92. The van der Waals surface area contributed by atoms with E-state index in [-0.39, 0.29) is 17.8 Å². The van der Waals surface area contributed by atoms with Crippen molar-refractivity contribution in [2.24, 2.45) is 0 Å². The zero-order valence-corrected chi connectivity index (χ0v) is 15.7. The molecule has 0 aliphatic carbocycles. The molecule has 1 aromatic carbocycles. The maximum Gasteiger partial charge on any atom is 0.299 e. The summed E-state index contributed by atoms with van der Waals surface area (Å²) >= 11 is 7.07. The number of fused-ring (bicyclic) bond motifs is 2. The van der Waals surface area contributed by atoms with Gasteiger partial charge in [-0.3, -0.25) is 9.36 Å². The van der Waals surface area contributed by atoms with Crippen LogP contribution in [0, 0.1) is 0 Å². The van der Waals surface area contributed by atoms with Crippen LogP contribution in [-0.2, 0) is 6.54 Å². The zero-order valence-electron chi connectivity index (χ0n) is 14.1. The minimum atomic E-state index is -2.82. The molecule has 3 aromatic heterocycles. The molecule has 0 saturated carbocycles. The highest BCUT2D eigenvalue weighted by molar-refractivity contribution is 7.99. The first-order valence-electron chi connectivity index (χ1n) is 7.97. The number of nitrogens with zero attached hydrogens (tertiary/aromatic N) is 6. The van der Waals surface area contributed by atoms with Crippen molar-refractivity contribution in [1.82, 2.24) is 29.4 Å². The molecule has 0 aliphatic rings. The van der Waals surface area contributed by atoms with Crippen LogP contribution in [0.5, 0.6) is 0 Å². The Labute approximate surface area is 165 Å². The highest BCUT2D eigenvalue weighted by atomic mass is 35.5. The number of hydrogen-bond donors (Lipinski definition) is 0. The van der Waals surface area contributed by atoms with Gasteiger partial charge in [-0.25, -0.2) is 13.8 Å². The third-order valence-electron chi connectivity index (χ3n) is 3.85. The van der Waals surface area contributed by atoms with E-state index in [4.69, 9.17) is 11.6 Å². The molecule has 0 N–H and O–H groups in total. The molecule has 0 aliphatic heterocycles. The minimum absolute atomic E-state index is 0.196. The lowest BCUT2D eigenvalue weighted by Gasteiger charge is -2.11. The van der Waals surface area contributed by atoms with E-state index < -0.39 is 12.2 Å². The standard InChI is InChI=1S/C17H11ClF2N6OS/c1-2-7-25-16(27)10-4-3-9(18)8-11(10)21-17(25)28-13-6-5-12-22-23-15(14(19)20)26(12)24-13/h2-6,8,14H,1,7H2. The number of hydrogen-bond acceptors (Lipinski definition) is 6. The molecule has 4 aromatic rings. The van der Waals surface area contributed by atoms with Crippen LogP contribution in [0.1, 0.15) is 12.2 Å². The summed E-state index contributed by atoms with van der Waals surface area (Å²) in [4.78, 5) is 17.3. The second-order valence-corrected chi connectivity index (χ2v) is 7.09. The van der Waals surface area contributed by atoms with Crippen LogP contribution < -0.4 is 5.56 Å². The topological polar surface area (TPSA) is 78.0 Å². The summed E-state index contributed by atoms with van der Waals surface area (Å²) in [5.41, 5.74) is 0.364. The van der Waals surface area contributed by atoms with Crippen LogP contribution >= 0.6 is 23.4 Å². The van der Waals surface area contributed by atoms with Crippen molar-refractivity contribution in [3.63, 3.8) is 0 Å². The Bertz CT molecular complexity index is 1270. The molecule has 0 radical (unpaired) electrons. The second kappa shape index (κ2) is 7.28. The van der Waals surface area contributed by atoms with Crippen molar-refractivity contribution in [2.45, 2.75) is 23.2 Å². The molecule has 0 fully saturated rings. The van der Waals surface area contributed by atoms with Gasteiger partial charge in [-0.2, -0.15) is 9.61 Å². The maximum atomic E-state index is 13.1. The number of aromatic nitrogens is 6. The predicted octanol–water partition coefficient (Wildman–Crippen LogP) is 3.76. The summed E-state index contributed by atoms with van der Waals surface area (Å²) in [5, 5.41) is 12.8. The Morgan fingerprint density at radius 2 is 2.07 bits per heavy atom. The van der Waals surface area contributed by atoms with Gasteiger partial charge in [0.25, 0.3) is 12.0 Å². The van der Waals surface area contributed by atoms with Gasteiger partial charge in [-0.15, -0.1) is 16.8 Å². The van der Waals surface area contributed by atoms with E-state index in [1.54, 1.807) is 30.3 Å². The quantitative estimate of drug-likeness (QED) is 0.361. The Morgan fingerprint density at radius 3 is 2.82 bits per heavy atom. The fraction of sp³-hybridized carbons (Fsp3) is 0.118. The van der Waals surface area contributed by atoms with E-state index in [0.717, 1.165) is 16.3 Å². The first-order valence-corrected chi connectivity index (χ1v) is 9.16. The summed E-state index contributed by atoms with van der Waals surface area (Å²) in [5.74, 6) is -0.556. The maximum absolute atomic E-state index is 13.1. The van der Waals surface area contributed by atoms with Gasteiger partial charge < -0.3 is 0 Å². The van der Waals surface area contributed by atoms with Crippen LogP contribution in [0.3, 0.4) is 0 Å². The molecule has 7 nitrogen and oxygen atoms in total. The minimum Gasteiger partial charge on any atom is -0.283 e. The first-order chi connectivity index (χ1) is 13.5. The van der Waals surface area contributed by atoms with Crippen molar-refractivity contribution in [3.05, 3.63) is 64.2 Å². The molecule has 3 heterocycles. The number of alkyl halides is 2. The van der Waals surface area contributed by atoms with E-state index in [1.165, 1.54) is 10.6 Å². The number of halogens is 3. The number of allylic oxidation sites excluding steroid dienone is 1. The van der Waals surface area contributed by atoms with E-state index in [9.17, 15) is 13.6 Å². The van der Waals surface area contributed by atoms with Crippen molar-refractivity contribution in [3.8, 4) is 0 Å². The third-order valence-corrected chi connectivity index (χ3v) is 5.00. The fourth-order valence-electron chi connectivity index (χ4n) is 2.61. The van der Waals surface area contributed by atoms with Crippen molar-refractivity contribution in [2.75, 3.05) is 0 Å². The molecular formula is C17H11ClF2N6OS. The second-order valence-electron chi connectivity index (χ2n) is 5.66. The molecule has 0 atom stereocenters. The summed E-state index contributed by atoms with van der Waals surface area (Å²) in [6.45, 7) is 3.89. The lowest BCUT2D eigenvalue weighted by atomic mass is 10.2. The molecule has 4 rings (SSSR count). The SMILES string of the molecule is C=CCn1c(Sc2ccc3nnc(C(F)F)n3n2)nc2cc(Cl)ccc2c1=O. The van der Waals surface area contributed by atoms with Gasteiger partial charge in [0.1, 0.15) is 5.03 Å². The van der Waals surface area contributed by atoms with Crippen LogP contribution in [0.2, 0.25) is 5.02 Å². The smallest absolute Gasteiger partial charge is 0.283 e. The lowest BCUT2D eigenvalue weighted by molar-refractivity contribution is 0.137. The summed E-state index contributed by atoms with van der Waals surface area (Å²) < 4.78 is 28.5. The van der Waals surface area contributed by atoms with Crippen LogP contribution in [0.25, 0.3) is 16.6 Å². The molecule has 0 amide bonds. The monoisotopic (exact) mass is 420 g/mol. The predicted molar refractivity (Wildman–Crippen MR) is 101 cm³/mol. The van der Waals surface area contributed by atoms with E-state index in [2.05, 4.69) is 26.9 Å². The molecule has 0 bridgehead atoms. The number of rotatable bonds is 5. The molecular weight excluding hydrogens is 410 g/mol. The van der Waals surface area contributed by atoms with Gasteiger partial charge in [0, 0.05) is 11.6 Å². The average Bonchev–Trinajstić information content (AvgIpc) is 3.08. The van der Waals surface area contributed by atoms with Gasteiger partial charge >= 0.3 is 0 Å². The molecule has 142 valence electrons. The van der Waals surface area contributed by atoms with Gasteiger partial charge in [-0.05, 0) is 42.1 Å². The first kappa shape index (κ1) is 18.5. The van der Waals surface area contributed by atoms with Crippen LogP contribution in [0.15, 0.2) is 58.0 Å². The average molecular weight is 421 g/mol. The van der Waals surface area contributed by atoms with E-state index in [0.29, 0.717) is 26.1 Å². The fourth-order valence-corrected chi connectivity index (χ4v) is 3.64. The largest absolute Gasteiger partial charge is 0.299 e. The van der Waals surface area contributed by atoms with E-state index >= 15 is 0 Å². The Hall–Kier alpha value is -2.85. The molecule has 28 heavy (non-hydrogen) atoms. The highest BCUT2D eigenvalue weighted by Crippen LogP contribution is 2.27. The summed E-state index contributed by atoms with van der Waals surface area (Å²) in [7, 11) is 0.